The molecule has 4 N–H and O–H groups in total. The molecule has 8 heteroatoms. The molecule has 0 saturated heterocycles. The predicted molar refractivity (Wildman–Crippen MR) is 97.6 cm³/mol. The molecule has 1 amide bonds. The number of halogens is 1. The van der Waals surface area contributed by atoms with Gasteiger partial charge in [-0.15, -0.1) is 0 Å². The molecule has 25 heavy (non-hydrogen) atoms. The first kappa shape index (κ1) is 17.1. The Morgan fingerprint density at radius 3 is 2.60 bits per heavy atom. The maximum atomic E-state index is 11.6. The van der Waals surface area contributed by atoms with E-state index in [2.05, 4.69) is 25.6 Å². The first-order valence-electron chi connectivity index (χ1n) is 7.66. The number of pyridine rings is 1. The fourth-order valence-electron chi connectivity index (χ4n) is 2.58. The van der Waals surface area contributed by atoms with Gasteiger partial charge in [-0.05, 0) is 30.8 Å². The number of aromatic nitrogens is 3. The molecule has 2 heterocycles. The Morgan fingerprint density at radius 2 is 1.92 bits per heavy atom. The average Bonchev–Trinajstić information content (AvgIpc) is 2.61. The van der Waals surface area contributed by atoms with Crippen molar-refractivity contribution >= 4 is 34.4 Å². The topological polar surface area (TPSA) is 106 Å². The number of rotatable bonds is 6. The summed E-state index contributed by atoms with van der Waals surface area (Å²) in [6, 6.07) is 9.04. The largest absolute Gasteiger partial charge is 0.366 e. The molecule has 0 bridgehead atoms. The molecule has 0 radical (unpaired) electrons. The molecule has 2 aromatic heterocycles. The SMILES string of the molecule is CNCC(Nc1ncnc2c(C(N)=O)ccnc12)c1ccc(Cl)cc1. The number of carbonyl (C=O) groups is 1. The molecule has 0 aliphatic carbocycles. The lowest BCUT2D eigenvalue weighted by Gasteiger charge is -2.20. The lowest BCUT2D eigenvalue weighted by Crippen LogP contribution is -2.24. The summed E-state index contributed by atoms with van der Waals surface area (Å²) in [6.07, 6.45) is 2.91. The maximum absolute atomic E-state index is 11.6. The fourth-order valence-corrected chi connectivity index (χ4v) is 2.71. The van der Waals surface area contributed by atoms with Crippen LogP contribution < -0.4 is 16.4 Å². The van der Waals surface area contributed by atoms with E-state index >= 15 is 0 Å². The number of nitrogens with two attached hydrogens (primary N) is 1. The Kier molecular flexibility index (Phi) is 5.06. The molecule has 0 saturated carbocycles. The quantitative estimate of drug-likeness (QED) is 0.625. The van der Waals surface area contributed by atoms with Gasteiger partial charge >= 0.3 is 0 Å². The van der Waals surface area contributed by atoms with E-state index in [9.17, 15) is 4.79 Å². The summed E-state index contributed by atoms with van der Waals surface area (Å²) < 4.78 is 0. The third-order valence-electron chi connectivity index (χ3n) is 3.78. The van der Waals surface area contributed by atoms with Crippen molar-refractivity contribution in [2.24, 2.45) is 5.73 Å². The van der Waals surface area contributed by atoms with E-state index in [0.29, 0.717) is 34.0 Å². The monoisotopic (exact) mass is 356 g/mol. The number of primary amides is 1. The highest BCUT2D eigenvalue weighted by atomic mass is 35.5. The van der Waals surface area contributed by atoms with Crippen LogP contribution in [0.15, 0.2) is 42.9 Å². The van der Waals surface area contributed by atoms with Gasteiger partial charge in [0.2, 0.25) is 0 Å². The second-order valence-electron chi connectivity index (χ2n) is 5.45. The van der Waals surface area contributed by atoms with E-state index in [1.165, 1.54) is 12.5 Å². The molecular formula is C17H17ClN6O. The molecule has 1 unspecified atom stereocenters. The summed E-state index contributed by atoms with van der Waals surface area (Å²) in [7, 11) is 1.87. The second-order valence-corrected chi connectivity index (χ2v) is 5.88. The maximum Gasteiger partial charge on any atom is 0.251 e. The van der Waals surface area contributed by atoms with E-state index in [4.69, 9.17) is 17.3 Å². The number of nitrogens with zero attached hydrogens (tertiary/aromatic N) is 3. The van der Waals surface area contributed by atoms with Crippen molar-refractivity contribution in [3.05, 3.63) is 59.0 Å². The Balaban J connectivity index is 2.01. The molecular weight excluding hydrogens is 340 g/mol. The van der Waals surface area contributed by atoms with Crippen LogP contribution in [0.2, 0.25) is 5.02 Å². The van der Waals surface area contributed by atoms with Gasteiger partial charge in [-0.3, -0.25) is 9.78 Å². The molecule has 0 aliphatic heterocycles. The lowest BCUT2D eigenvalue weighted by atomic mass is 10.1. The van der Waals surface area contributed by atoms with Crippen LogP contribution >= 0.6 is 11.6 Å². The molecule has 7 nitrogen and oxygen atoms in total. The normalized spacial score (nSPS) is 12.1. The van der Waals surface area contributed by atoms with Crippen molar-refractivity contribution in [2.45, 2.75) is 6.04 Å². The number of anilines is 1. The van der Waals surface area contributed by atoms with Gasteiger partial charge in [-0.2, -0.15) is 0 Å². The zero-order valence-electron chi connectivity index (χ0n) is 13.5. The van der Waals surface area contributed by atoms with Gasteiger partial charge in [0.25, 0.3) is 5.91 Å². The molecule has 0 aliphatic rings. The molecule has 3 aromatic rings. The smallest absolute Gasteiger partial charge is 0.251 e. The first-order valence-corrected chi connectivity index (χ1v) is 8.04. The summed E-state index contributed by atoms with van der Waals surface area (Å²) in [6.45, 7) is 0.655. The van der Waals surface area contributed by atoms with Crippen LogP contribution in [0.3, 0.4) is 0 Å². The number of likely N-dealkylation sites (N-methyl/N-ethyl adjacent to an activating group) is 1. The predicted octanol–water partition coefficient (Wildman–Crippen LogP) is 2.15. The van der Waals surface area contributed by atoms with E-state index in [1.807, 2.05) is 31.3 Å². The summed E-state index contributed by atoms with van der Waals surface area (Å²) in [5.74, 6) is -0.0233. The zero-order chi connectivity index (χ0) is 17.8. The number of nitrogens with one attached hydrogen (secondary N) is 2. The van der Waals surface area contributed by atoms with Gasteiger partial charge < -0.3 is 16.4 Å². The molecule has 0 spiro atoms. The van der Waals surface area contributed by atoms with Crippen LogP contribution in [0, 0.1) is 0 Å². The minimum absolute atomic E-state index is 0.0700. The van der Waals surface area contributed by atoms with Gasteiger partial charge in [0.1, 0.15) is 17.4 Å². The molecule has 128 valence electrons. The van der Waals surface area contributed by atoms with Crippen LogP contribution in [-0.4, -0.2) is 34.5 Å². The van der Waals surface area contributed by atoms with Crippen molar-refractivity contribution < 1.29 is 4.79 Å². The number of fused-ring (bicyclic) bond motifs is 1. The Bertz CT molecular complexity index is 899. The van der Waals surface area contributed by atoms with Crippen LogP contribution in [0.1, 0.15) is 22.0 Å². The summed E-state index contributed by atoms with van der Waals surface area (Å²) in [5.41, 5.74) is 7.68. The first-order chi connectivity index (χ1) is 12.1. The number of amides is 1. The Hall–Kier alpha value is -2.77. The number of hydrogen-bond acceptors (Lipinski definition) is 6. The van der Waals surface area contributed by atoms with Crippen LogP contribution in [0.5, 0.6) is 0 Å². The molecule has 3 rings (SSSR count). The van der Waals surface area contributed by atoms with Crippen molar-refractivity contribution in [3.63, 3.8) is 0 Å². The van der Waals surface area contributed by atoms with Crippen LogP contribution in [0.25, 0.3) is 11.0 Å². The highest BCUT2D eigenvalue weighted by Gasteiger charge is 2.16. The number of hydrogen-bond donors (Lipinski definition) is 3. The summed E-state index contributed by atoms with van der Waals surface area (Å²) >= 11 is 5.97. The molecule has 0 fully saturated rings. The lowest BCUT2D eigenvalue weighted by molar-refractivity contribution is 0.100. The summed E-state index contributed by atoms with van der Waals surface area (Å²) in [5, 5.41) is 7.17. The van der Waals surface area contributed by atoms with E-state index in [1.54, 1.807) is 6.07 Å². The van der Waals surface area contributed by atoms with Gasteiger partial charge in [-0.1, -0.05) is 23.7 Å². The third-order valence-corrected chi connectivity index (χ3v) is 4.03. The van der Waals surface area contributed by atoms with Crippen LogP contribution in [0.4, 0.5) is 5.82 Å². The third kappa shape index (κ3) is 3.67. The van der Waals surface area contributed by atoms with Gasteiger partial charge in [0.05, 0.1) is 11.6 Å². The van der Waals surface area contributed by atoms with E-state index in [0.717, 1.165) is 5.56 Å². The minimum Gasteiger partial charge on any atom is -0.366 e. The Morgan fingerprint density at radius 1 is 1.16 bits per heavy atom. The van der Waals surface area contributed by atoms with Crippen molar-refractivity contribution in [3.8, 4) is 0 Å². The van der Waals surface area contributed by atoms with Crippen molar-refractivity contribution in [1.29, 1.82) is 0 Å². The van der Waals surface area contributed by atoms with Crippen molar-refractivity contribution in [2.75, 3.05) is 18.9 Å². The fraction of sp³-hybridized carbons (Fsp3) is 0.176. The van der Waals surface area contributed by atoms with Crippen LogP contribution in [-0.2, 0) is 0 Å². The van der Waals surface area contributed by atoms with Crippen molar-refractivity contribution in [1.82, 2.24) is 20.3 Å². The minimum atomic E-state index is -0.554. The zero-order valence-corrected chi connectivity index (χ0v) is 14.3. The Labute approximate surface area is 149 Å². The molecule has 1 atom stereocenters. The van der Waals surface area contributed by atoms with Gasteiger partial charge in [-0.25, -0.2) is 9.97 Å². The average molecular weight is 357 g/mol. The van der Waals surface area contributed by atoms with E-state index < -0.39 is 5.91 Å². The highest BCUT2D eigenvalue weighted by Crippen LogP contribution is 2.25. The highest BCUT2D eigenvalue weighted by molar-refractivity contribution is 6.30. The van der Waals surface area contributed by atoms with Gasteiger partial charge in [0, 0.05) is 17.8 Å². The summed E-state index contributed by atoms with van der Waals surface area (Å²) in [4.78, 5) is 24.3. The number of benzene rings is 1. The van der Waals surface area contributed by atoms with E-state index in [-0.39, 0.29) is 6.04 Å². The van der Waals surface area contributed by atoms with Gasteiger partial charge in [0.15, 0.2) is 5.82 Å². The number of carbonyl (C=O) groups excluding carboxylic acids is 1. The molecule has 1 aromatic carbocycles. The second kappa shape index (κ2) is 7.42. The standard InChI is InChI=1S/C17H17ClN6O/c1-20-8-13(10-2-4-11(18)5-3-10)24-17-15-14(22-9-23-17)12(16(19)25)6-7-21-15/h2-7,9,13,20H,8H2,1H3,(H2,19,25)(H,22,23,24).